The van der Waals surface area contributed by atoms with Crippen LogP contribution in [0.1, 0.15) is 18.5 Å². The number of anilines is 1. The molecule has 0 bridgehead atoms. The molecule has 19 heavy (non-hydrogen) atoms. The van der Waals surface area contributed by atoms with Crippen molar-refractivity contribution in [1.82, 2.24) is 0 Å². The Balaban J connectivity index is 2.25. The van der Waals surface area contributed by atoms with E-state index in [1.165, 1.54) is 0 Å². The van der Waals surface area contributed by atoms with E-state index in [-0.39, 0.29) is 6.04 Å². The van der Waals surface area contributed by atoms with Gasteiger partial charge < -0.3 is 5.32 Å². The van der Waals surface area contributed by atoms with Crippen LogP contribution in [0, 0.1) is 0 Å². The van der Waals surface area contributed by atoms with E-state index in [2.05, 4.69) is 5.32 Å². The summed E-state index contributed by atoms with van der Waals surface area (Å²) >= 11 is 24.2. The highest BCUT2D eigenvalue weighted by Gasteiger charge is 2.13. The zero-order chi connectivity index (χ0) is 14.0. The van der Waals surface area contributed by atoms with E-state index in [4.69, 9.17) is 46.4 Å². The van der Waals surface area contributed by atoms with Crippen molar-refractivity contribution < 1.29 is 0 Å². The van der Waals surface area contributed by atoms with Crippen molar-refractivity contribution >= 4 is 52.1 Å². The Morgan fingerprint density at radius 3 is 2.37 bits per heavy atom. The Hall–Kier alpha value is -0.600. The average Bonchev–Trinajstić information content (AvgIpc) is 2.36. The lowest BCUT2D eigenvalue weighted by molar-refractivity contribution is 0.885. The van der Waals surface area contributed by atoms with Gasteiger partial charge in [0.05, 0.1) is 26.8 Å². The molecule has 2 aromatic rings. The summed E-state index contributed by atoms with van der Waals surface area (Å²) in [5.41, 5.74) is 1.72. The maximum absolute atomic E-state index is 6.19. The van der Waals surface area contributed by atoms with E-state index in [1.54, 1.807) is 18.2 Å². The van der Waals surface area contributed by atoms with E-state index >= 15 is 0 Å². The third-order valence-electron chi connectivity index (χ3n) is 2.75. The SMILES string of the molecule is CC(Nc1ccc(Cl)cc1Cl)c1cccc(Cl)c1Cl. The smallest absolute Gasteiger partial charge is 0.0652 e. The average molecular weight is 335 g/mol. The summed E-state index contributed by atoms with van der Waals surface area (Å²) in [6.45, 7) is 1.99. The van der Waals surface area contributed by atoms with Gasteiger partial charge in [-0.05, 0) is 36.8 Å². The quantitative estimate of drug-likeness (QED) is 0.677. The number of hydrogen-bond donors (Lipinski definition) is 1. The minimum Gasteiger partial charge on any atom is -0.377 e. The van der Waals surface area contributed by atoms with Gasteiger partial charge in [0, 0.05) is 5.02 Å². The molecule has 1 nitrogen and oxygen atoms in total. The Morgan fingerprint density at radius 2 is 1.68 bits per heavy atom. The second kappa shape index (κ2) is 6.23. The van der Waals surface area contributed by atoms with Gasteiger partial charge >= 0.3 is 0 Å². The molecule has 0 spiro atoms. The molecule has 1 unspecified atom stereocenters. The highest BCUT2D eigenvalue weighted by molar-refractivity contribution is 6.42. The number of halogens is 4. The molecule has 0 aliphatic heterocycles. The number of hydrogen-bond acceptors (Lipinski definition) is 1. The number of rotatable bonds is 3. The lowest BCUT2D eigenvalue weighted by Gasteiger charge is -2.18. The van der Waals surface area contributed by atoms with Crippen molar-refractivity contribution in [1.29, 1.82) is 0 Å². The Morgan fingerprint density at radius 1 is 0.947 bits per heavy atom. The summed E-state index contributed by atoms with van der Waals surface area (Å²) < 4.78 is 0. The standard InChI is InChI=1S/C14H11Cl4N/c1-8(10-3-2-4-11(16)14(10)18)19-13-6-5-9(15)7-12(13)17/h2-8,19H,1H3. The van der Waals surface area contributed by atoms with Gasteiger partial charge in [0.25, 0.3) is 0 Å². The molecule has 5 heteroatoms. The first-order valence-corrected chi connectivity index (χ1v) is 7.15. The summed E-state index contributed by atoms with van der Waals surface area (Å²) in [6, 6.07) is 10.8. The van der Waals surface area contributed by atoms with Crippen LogP contribution in [0.25, 0.3) is 0 Å². The van der Waals surface area contributed by atoms with Crippen LogP contribution in [-0.4, -0.2) is 0 Å². The summed E-state index contributed by atoms with van der Waals surface area (Å²) in [5, 5.41) is 5.54. The Kier molecular flexibility index (Phi) is 4.86. The number of nitrogens with one attached hydrogen (secondary N) is 1. The van der Waals surface area contributed by atoms with Gasteiger partial charge in [0.15, 0.2) is 0 Å². The molecule has 1 N–H and O–H groups in total. The second-order valence-corrected chi connectivity index (χ2v) is 5.76. The van der Waals surface area contributed by atoms with Crippen LogP contribution in [-0.2, 0) is 0 Å². The maximum atomic E-state index is 6.19. The van der Waals surface area contributed by atoms with Crippen molar-refractivity contribution in [2.24, 2.45) is 0 Å². The molecule has 1 atom stereocenters. The molecule has 0 amide bonds. The minimum absolute atomic E-state index is 0.0233. The third kappa shape index (κ3) is 3.49. The molecule has 100 valence electrons. The zero-order valence-electron chi connectivity index (χ0n) is 10.1. The van der Waals surface area contributed by atoms with E-state index in [1.807, 2.05) is 25.1 Å². The molecule has 0 radical (unpaired) electrons. The van der Waals surface area contributed by atoms with Crippen LogP contribution in [0.2, 0.25) is 20.1 Å². The number of benzene rings is 2. The molecular formula is C14H11Cl4N. The fraction of sp³-hybridized carbons (Fsp3) is 0.143. The highest BCUT2D eigenvalue weighted by Crippen LogP contribution is 2.33. The van der Waals surface area contributed by atoms with Gasteiger partial charge in [0.1, 0.15) is 0 Å². The first-order chi connectivity index (χ1) is 8.99. The molecule has 0 saturated heterocycles. The van der Waals surface area contributed by atoms with Crippen LogP contribution in [0.15, 0.2) is 36.4 Å². The van der Waals surface area contributed by atoms with Gasteiger partial charge in [-0.15, -0.1) is 0 Å². The topological polar surface area (TPSA) is 12.0 Å². The molecule has 0 aliphatic rings. The second-order valence-electron chi connectivity index (χ2n) is 4.13. The summed E-state index contributed by atoms with van der Waals surface area (Å²) in [4.78, 5) is 0. The third-order valence-corrected chi connectivity index (χ3v) is 4.13. The summed E-state index contributed by atoms with van der Waals surface area (Å²) in [5.74, 6) is 0. The zero-order valence-corrected chi connectivity index (χ0v) is 13.1. The molecule has 0 aromatic heterocycles. The van der Waals surface area contributed by atoms with Crippen molar-refractivity contribution in [3.05, 3.63) is 62.1 Å². The van der Waals surface area contributed by atoms with E-state index < -0.39 is 0 Å². The molecule has 0 saturated carbocycles. The first kappa shape index (κ1) is 14.8. The van der Waals surface area contributed by atoms with Crippen LogP contribution in [0.3, 0.4) is 0 Å². The highest BCUT2D eigenvalue weighted by atomic mass is 35.5. The lowest BCUT2D eigenvalue weighted by atomic mass is 10.1. The lowest BCUT2D eigenvalue weighted by Crippen LogP contribution is -2.07. The van der Waals surface area contributed by atoms with Gasteiger partial charge in [0.2, 0.25) is 0 Å². The molecular weight excluding hydrogens is 324 g/mol. The minimum atomic E-state index is -0.0233. The van der Waals surface area contributed by atoms with Crippen molar-refractivity contribution in [2.75, 3.05) is 5.32 Å². The van der Waals surface area contributed by atoms with Gasteiger partial charge in [-0.25, -0.2) is 0 Å². The van der Waals surface area contributed by atoms with Gasteiger partial charge in [-0.2, -0.15) is 0 Å². The van der Waals surface area contributed by atoms with E-state index in [0.29, 0.717) is 20.1 Å². The van der Waals surface area contributed by atoms with Crippen LogP contribution < -0.4 is 5.32 Å². The Bertz CT molecular complexity index is 598. The predicted molar refractivity (Wildman–Crippen MR) is 85.0 cm³/mol. The normalized spacial score (nSPS) is 12.3. The van der Waals surface area contributed by atoms with E-state index in [9.17, 15) is 0 Å². The molecule has 0 fully saturated rings. The predicted octanol–water partition coefficient (Wildman–Crippen LogP) is 6.47. The maximum Gasteiger partial charge on any atom is 0.0652 e. The van der Waals surface area contributed by atoms with E-state index in [0.717, 1.165) is 11.3 Å². The fourth-order valence-corrected chi connectivity index (χ4v) is 2.71. The molecule has 2 rings (SSSR count). The summed E-state index contributed by atoms with van der Waals surface area (Å²) in [7, 11) is 0. The summed E-state index contributed by atoms with van der Waals surface area (Å²) in [6.07, 6.45) is 0. The largest absolute Gasteiger partial charge is 0.377 e. The molecule has 2 aromatic carbocycles. The molecule has 0 heterocycles. The Labute approximate surface area is 132 Å². The van der Waals surface area contributed by atoms with Crippen molar-refractivity contribution in [3.63, 3.8) is 0 Å². The van der Waals surface area contributed by atoms with Crippen LogP contribution in [0.5, 0.6) is 0 Å². The van der Waals surface area contributed by atoms with Crippen molar-refractivity contribution in [2.45, 2.75) is 13.0 Å². The van der Waals surface area contributed by atoms with Gasteiger partial charge in [-0.3, -0.25) is 0 Å². The van der Waals surface area contributed by atoms with Crippen LogP contribution in [0.4, 0.5) is 5.69 Å². The first-order valence-electron chi connectivity index (χ1n) is 5.64. The molecule has 0 aliphatic carbocycles. The van der Waals surface area contributed by atoms with Gasteiger partial charge in [-0.1, -0.05) is 58.5 Å². The van der Waals surface area contributed by atoms with Crippen molar-refractivity contribution in [3.8, 4) is 0 Å². The van der Waals surface area contributed by atoms with Crippen LogP contribution >= 0.6 is 46.4 Å². The fourth-order valence-electron chi connectivity index (χ4n) is 1.77. The monoisotopic (exact) mass is 333 g/mol.